The lowest BCUT2D eigenvalue weighted by atomic mass is 10.1. The standard InChI is InChI=1S/C14H12N2S/c1-16-12-8-4-2-6-10(12)14(17)15-11-7-3-5-9-13(11)16/h2-9H,1H3,(H,15,17). The van der Waals surface area contributed by atoms with Crippen molar-refractivity contribution >= 4 is 34.3 Å². The summed E-state index contributed by atoms with van der Waals surface area (Å²) in [6, 6.07) is 16.4. The lowest BCUT2D eigenvalue weighted by molar-refractivity contribution is 1.21. The first kappa shape index (κ1) is 10.3. The summed E-state index contributed by atoms with van der Waals surface area (Å²) in [6.07, 6.45) is 0. The molecule has 0 saturated heterocycles. The second-order valence-corrected chi connectivity index (χ2v) is 4.46. The normalized spacial score (nSPS) is 13.5. The van der Waals surface area contributed by atoms with Gasteiger partial charge in [0.1, 0.15) is 4.99 Å². The Hall–Kier alpha value is -1.87. The summed E-state index contributed by atoms with van der Waals surface area (Å²) >= 11 is 5.44. The summed E-state index contributed by atoms with van der Waals surface area (Å²) in [7, 11) is 2.06. The molecule has 0 bridgehead atoms. The fraction of sp³-hybridized carbons (Fsp3) is 0.0714. The van der Waals surface area contributed by atoms with Crippen molar-refractivity contribution in [1.29, 1.82) is 0 Å². The van der Waals surface area contributed by atoms with Crippen LogP contribution in [-0.2, 0) is 0 Å². The smallest absolute Gasteiger partial charge is 0.113 e. The van der Waals surface area contributed by atoms with E-state index in [9.17, 15) is 0 Å². The molecule has 0 unspecified atom stereocenters. The molecule has 1 heterocycles. The maximum absolute atomic E-state index is 5.44. The first-order chi connectivity index (χ1) is 8.27. The number of thiocarbonyl (C=S) groups is 1. The third-order valence-corrected chi connectivity index (χ3v) is 3.35. The van der Waals surface area contributed by atoms with E-state index in [0.29, 0.717) is 0 Å². The molecule has 0 atom stereocenters. The van der Waals surface area contributed by atoms with Crippen LogP contribution in [0.1, 0.15) is 5.56 Å². The van der Waals surface area contributed by atoms with E-state index >= 15 is 0 Å². The van der Waals surface area contributed by atoms with E-state index in [1.165, 1.54) is 0 Å². The zero-order chi connectivity index (χ0) is 11.8. The van der Waals surface area contributed by atoms with Gasteiger partial charge in [-0.05, 0) is 24.3 Å². The SMILES string of the molecule is CN1c2ccccc2NC(=S)c2ccccc21. The molecule has 1 N–H and O–H groups in total. The number of nitrogens with zero attached hydrogens (tertiary/aromatic N) is 1. The van der Waals surface area contributed by atoms with Crippen molar-refractivity contribution in [3.05, 3.63) is 54.1 Å². The van der Waals surface area contributed by atoms with E-state index in [4.69, 9.17) is 12.2 Å². The summed E-state index contributed by atoms with van der Waals surface area (Å²) in [5.41, 5.74) is 4.40. The van der Waals surface area contributed by atoms with E-state index in [1.54, 1.807) is 0 Å². The number of para-hydroxylation sites is 3. The highest BCUT2D eigenvalue weighted by Gasteiger charge is 2.19. The van der Waals surface area contributed by atoms with Gasteiger partial charge in [-0.2, -0.15) is 0 Å². The largest absolute Gasteiger partial charge is 0.344 e. The van der Waals surface area contributed by atoms with Gasteiger partial charge in [0.25, 0.3) is 0 Å². The van der Waals surface area contributed by atoms with Gasteiger partial charge in [0, 0.05) is 12.6 Å². The maximum Gasteiger partial charge on any atom is 0.113 e. The second-order valence-electron chi connectivity index (χ2n) is 4.05. The van der Waals surface area contributed by atoms with Crippen molar-refractivity contribution in [2.45, 2.75) is 0 Å². The number of hydrogen-bond donors (Lipinski definition) is 1. The zero-order valence-corrected chi connectivity index (χ0v) is 10.3. The predicted octanol–water partition coefficient (Wildman–Crippen LogP) is 3.56. The van der Waals surface area contributed by atoms with Crippen LogP contribution in [0.25, 0.3) is 0 Å². The van der Waals surface area contributed by atoms with Gasteiger partial charge in [-0.1, -0.05) is 36.5 Å². The van der Waals surface area contributed by atoms with Crippen LogP contribution in [0, 0.1) is 0 Å². The van der Waals surface area contributed by atoms with Crippen LogP contribution in [0.5, 0.6) is 0 Å². The average molecular weight is 240 g/mol. The van der Waals surface area contributed by atoms with Crippen molar-refractivity contribution in [1.82, 2.24) is 0 Å². The van der Waals surface area contributed by atoms with Crippen LogP contribution < -0.4 is 10.2 Å². The van der Waals surface area contributed by atoms with Gasteiger partial charge >= 0.3 is 0 Å². The first-order valence-corrected chi connectivity index (χ1v) is 5.91. The summed E-state index contributed by atoms with van der Waals surface area (Å²) in [6.45, 7) is 0. The summed E-state index contributed by atoms with van der Waals surface area (Å²) < 4.78 is 0. The molecule has 0 aliphatic carbocycles. The minimum atomic E-state index is 0.775. The average Bonchev–Trinajstić information content (AvgIpc) is 2.48. The predicted molar refractivity (Wildman–Crippen MR) is 76.3 cm³/mol. The van der Waals surface area contributed by atoms with Gasteiger partial charge in [0.05, 0.1) is 17.1 Å². The lowest BCUT2D eigenvalue weighted by Gasteiger charge is -2.20. The topological polar surface area (TPSA) is 15.3 Å². The number of benzene rings is 2. The Morgan fingerprint density at radius 1 is 0.941 bits per heavy atom. The van der Waals surface area contributed by atoms with Crippen molar-refractivity contribution in [2.24, 2.45) is 0 Å². The fourth-order valence-corrected chi connectivity index (χ4v) is 2.43. The number of nitrogens with one attached hydrogen (secondary N) is 1. The van der Waals surface area contributed by atoms with Crippen LogP contribution in [0.15, 0.2) is 48.5 Å². The van der Waals surface area contributed by atoms with Crippen LogP contribution in [0.3, 0.4) is 0 Å². The molecule has 3 heteroatoms. The number of hydrogen-bond acceptors (Lipinski definition) is 2. The minimum absolute atomic E-state index is 0.775. The molecule has 2 aromatic rings. The molecular weight excluding hydrogens is 228 g/mol. The molecule has 1 aliphatic heterocycles. The third-order valence-electron chi connectivity index (χ3n) is 3.02. The number of rotatable bonds is 0. The quantitative estimate of drug-likeness (QED) is 0.709. The minimum Gasteiger partial charge on any atom is -0.344 e. The van der Waals surface area contributed by atoms with E-state index < -0.39 is 0 Å². The van der Waals surface area contributed by atoms with Crippen molar-refractivity contribution in [3.63, 3.8) is 0 Å². The molecule has 17 heavy (non-hydrogen) atoms. The Bertz CT molecular complexity index is 592. The van der Waals surface area contributed by atoms with Gasteiger partial charge < -0.3 is 10.2 Å². The Balaban J connectivity index is 2.26. The zero-order valence-electron chi connectivity index (χ0n) is 9.47. The molecule has 0 fully saturated rings. The van der Waals surface area contributed by atoms with Crippen molar-refractivity contribution < 1.29 is 0 Å². The van der Waals surface area contributed by atoms with E-state index in [2.05, 4.69) is 29.4 Å². The summed E-state index contributed by atoms with van der Waals surface area (Å²) in [5, 5.41) is 3.30. The van der Waals surface area contributed by atoms with Gasteiger partial charge in [-0.25, -0.2) is 0 Å². The Labute approximate surface area is 106 Å². The lowest BCUT2D eigenvalue weighted by Crippen LogP contribution is -2.11. The van der Waals surface area contributed by atoms with Crippen LogP contribution in [0.2, 0.25) is 0 Å². The van der Waals surface area contributed by atoms with Crippen molar-refractivity contribution in [2.75, 3.05) is 17.3 Å². The van der Waals surface area contributed by atoms with Crippen LogP contribution in [0.4, 0.5) is 17.1 Å². The van der Waals surface area contributed by atoms with Crippen LogP contribution in [-0.4, -0.2) is 12.0 Å². The van der Waals surface area contributed by atoms with Gasteiger partial charge in [-0.15, -0.1) is 0 Å². The molecule has 2 nitrogen and oxygen atoms in total. The third kappa shape index (κ3) is 1.59. The molecule has 2 aromatic carbocycles. The Morgan fingerprint density at radius 3 is 2.41 bits per heavy atom. The van der Waals surface area contributed by atoms with Crippen LogP contribution >= 0.6 is 12.2 Å². The highest BCUT2D eigenvalue weighted by Crippen LogP contribution is 2.36. The van der Waals surface area contributed by atoms with E-state index in [0.717, 1.165) is 27.6 Å². The molecule has 84 valence electrons. The van der Waals surface area contributed by atoms with Gasteiger partial charge in [0.15, 0.2) is 0 Å². The highest BCUT2D eigenvalue weighted by molar-refractivity contribution is 7.81. The monoisotopic (exact) mass is 240 g/mol. The molecule has 0 saturated carbocycles. The maximum atomic E-state index is 5.44. The fourth-order valence-electron chi connectivity index (χ4n) is 2.15. The first-order valence-electron chi connectivity index (χ1n) is 5.50. The Kier molecular flexibility index (Phi) is 2.34. The molecule has 0 aromatic heterocycles. The van der Waals surface area contributed by atoms with E-state index in [-0.39, 0.29) is 0 Å². The number of fused-ring (bicyclic) bond motifs is 2. The molecule has 1 aliphatic rings. The number of anilines is 3. The molecule has 0 amide bonds. The van der Waals surface area contributed by atoms with Gasteiger partial charge in [0.2, 0.25) is 0 Å². The second kappa shape index (κ2) is 3.86. The molecule has 3 rings (SSSR count). The highest BCUT2D eigenvalue weighted by atomic mass is 32.1. The summed E-state index contributed by atoms with van der Waals surface area (Å²) in [4.78, 5) is 2.94. The molecular formula is C14H12N2S. The Morgan fingerprint density at radius 2 is 1.59 bits per heavy atom. The molecule has 0 radical (unpaired) electrons. The van der Waals surface area contributed by atoms with Crippen molar-refractivity contribution in [3.8, 4) is 0 Å². The van der Waals surface area contributed by atoms with E-state index in [1.807, 2.05) is 36.4 Å². The van der Waals surface area contributed by atoms with Gasteiger partial charge in [-0.3, -0.25) is 0 Å². The molecule has 0 spiro atoms. The summed E-state index contributed by atoms with van der Waals surface area (Å²) in [5.74, 6) is 0.